The molecule has 0 fully saturated rings. The van der Waals surface area contributed by atoms with E-state index in [-0.39, 0.29) is 0 Å². The summed E-state index contributed by atoms with van der Waals surface area (Å²) < 4.78 is 4.65. The first-order valence-electron chi connectivity index (χ1n) is 6.02. The third-order valence-corrected chi connectivity index (χ3v) is 2.98. The zero-order valence-corrected chi connectivity index (χ0v) is 11.4. The molecule has 0 spiro atoms. The Hall–Kier alpha value is -1.88. The quantitative estimate of drug-likeness (QED) is 0.760. The third kappa shape index (κ3) is 4.37. The Morgan fingerprint density at radius 1 is 1.32 bits per heavy atom. The summed E-state index contributed by atoms with van der Waals surface area (Å²) in [6.45, 7) is 3.34. The van der Waals surface area contributed by atoms with Gasteiger partial charge in [0.25, 0.3) is 0 Å². The van der Waals surface area contributed by atoms with Crippen LogP contribution in [-0.2, 0) is 20.7 Å². The fourth-order valence-electron chi connectivity index (χ4n) is 1.74. The lowest BCUT2D eigenvalue weighted by atomic mass is 10.0. The molecule has 1 amide bonds. The van der Waals surface area contributed by atoms with Gasteiger partial charge in [0, 0.05) is 6.42 Å². The number of carbonyl (C=O) groups is 2. The minimum Gasteiger partial charge on any atom is -0.467 e. The van der Waals surface area contributed by atoms with Crippen molar-refractivity contribution >= 4 is 11.9 Å². The standard InChI is InChI=1S/C14H19NO4/c1-9-4-5-11(6-10(9)2)7-12(14(18)19-3)15-13(17)8-16/h4-6,12,16H,7-8H2,1-3H3,(H,15,17)/t12-/m1/s1. The van der Waals surface area contributed by atoms with E-state index < -0.39 is 24.5 Å². The summed E-state index contributed by atoms with van der Waals surface area (Å²) in [5, 5.41) is 11.2. The highest BCUT2D eigenvalue weighted by Crippen LogP contribution is 2.12. The van der Waals surface area contributed by atoms with Gasteiger partial charge in [0.1, 0.15) is 12.6 Å². The average molecular weight is 265 g/mol. The minimum absolute atomic E-state index is 0.333. The van der Waals surface area contributed by atoms with Crippen molar-refractivity contribution in [2.45, 2.75) is 26.3 Å². The van der Waals surface area contributed by atoms with Gasteiger partial charge in [-0.05, 0) is 30.5 Å². The van der Waals surface area contributed by atoms with E-state index in [2.05, 4.69) is 10.1 Å². The van der Waals surface area contributed by atoms with Crippen LogP contribution in [0.5, 0.6) is 0 Å². The van der Waals surface area contributed by atoms with Gasteiger partial charge in [-0.25, -0.2) is 4.79 Å². The van der Waals surface area contributed by atoms with E-state index in [4.69, 9.17) is 5.11 Å². The summed E-state index contributed by atoms with van der Waals surface area (Å²) in [4.78, 5) is 22.8. The number of carbonyl (C=O) groups excluding carboxylic acids is 2. The van der Waals surface area contributed by atoms with E-state index in [1.165, 1.54) is 7.11 Å². The van der Waals surface area contributed by atoms with Gasteiger partial charge in [-0.2, -0.15) is 0 Å². The van der Waals surface area contributed by atoms with Gasteiger partial charge in [-0.1, -0.05) is 18.2 Å². The van der Waals surface area contributed by atoms with Crippen LogP contribution in [-0.4, -0.2) is 36.7 Å². The van der Waals surface area contributed by atoms with Crippen molar-refractivity contribution in [1.82, 2.24) is 5.32 Å². The van der Waals surface area contributed by atoms with Gasteiger partial charge < -0.3 is 15.2 Å². The molecular formula is C14H19NO4. The molecule has 0 aliphatic carbocycles. The van der Waals surface area contributed by atoms with Crippen LogP contribution >= 0.6 is 0 Å². The van der Waals surface area contributed by atoms with E-state index in [0.29, 0.717) is 6.42 Å². The summed E-state index contributed by atoms with van der Waals surface area (Å²) >= 11 is 0. The normalized spacial score (nSPS) is 11.8. The predicted octanol–water partition coefficient (Wildman–Crippen LogP) is 0.496. The van der Waals surface area contributed by atoms with Gasteiger partial charge in [-0.3, -0.25) is 4.79 Å². The summed E-state index contributed by atoms with van der Waals surface area (Å²) in [5.74, 6) is -1.13. The van der Waals surface area contributed by atoms with Crippen molar-refractivity contribution in [1.29, 1.82) is 0 Å². The zero-order valence-electron chi connectivity index (χ0n) is 11.4. The molecule has 0 bridgehead atoms. The lowest BCUT2D eigenvalue weighted by Gasteiger charge is -2.16. The molecule has 2 N–H and O–H groups in total. The molecule has 0 radical (unpaired) electrons. The Kier molecular flexibility index (Phi) is 5.51. The predicted molar refractivity (Wildman–Crippen MR) is 70.7 cm³/mol. The number of esters is 1. The number of aryl methyl sites for hydroxylation is 2. The van der Waals surface area contributed by atoms with E-state index in [1.54, 1.807) is 0 Å². The van der Waals surface area contributed by atoms with Crippen molar-refractivity contribution in [3.05, 3.63) is 34.9 Å². The molecule has 0 aliphatic heterocycles. The molecule has 19 heavy (non-hydrogen) atoms. The summed E-state index contributed by atoms with van der Waals surface area (Å²) in [7, 11) is 1.26. The molecule has 0 saturated heterocycles. The van der Waals surface area contributed by atoms with E-state index in [1.807, 2.05) is 32.0 Å². The van der Waals surface area contributed by atoms with Crippen LogP contribution in [0, 0.1) is 13.8 Å². The summed E-state index contributed by atoms with van der Waals surface area (Å²) in [6, 6.07) is 5.05. The molecule has 5 nitrogen and oxygen atoms in total. The maximum absolute atomic E-state index is 11.6. The third-order valence-electron chi connectivity index (χ3n) is 2.98. The fourth-order valence-corrected chi connectivity index (χ4v) is 1.74. The lowest BCUT2D eigenvalue weighted by Crippen LogP contribution is -2.44. The van der Waals surface area contributed by atoms with Gasteiger partial charge in [0.05, 0.1) is 7.11 Å². The van der Waals surface area contributed by atoms with Crippen LogP contribution in [0.25, 0.3) is 0 Å². The summed E-state index contributed by atoms with van der Waals surface area (Å²) in [5.41, 5.74) is 3.21. The lowest BCUT2D eigenvalue weighted by molar-refractivity contribution is -0.145. The second-order valence-corrected chi connectivity index (χ2v) is 4.42. The van der Waals surface area contributed by atoms with Crippen LogP contribution in [0.2, 0.25) is 0 Å². The topological polar surface area (TPSA) is 75.6 Å². The SMILES string of the molecule is COC(=O)[C@@H](Cc1ccc(C)c(C)c1)NC(=O)CO. The molecule has 1 aromatic rings. The molecule has 104 valence electrons. The molecule has 0 aromatic heterocycles. The molecule has 0 unspecified atom stereocenters. The number of rotatable bonds is 5. The van der Waals surface area contributed by atoms with Gasteiger partial charge in [0.2, 0.25) is 5.91 Å². The van der Waals surface area contributed by atoms with Crippen molar-refractivity contribution in [2.24, 2.45) is 0 Å². The number of hydrogen-bond acceptors (Lipinski definition) is 4. The fraction of sp³-hybridized carbons (Fsp3) is 0.429. The van der Waals surface area contributed by atoms with Crippen LogP contribution in [0.15, 0.2) is 18.2 Å². The van der Waals surface area contributed by atoms with Crippen LogP contribution in [0.4, 0.5) is 0 Å². The maximum atomic E-state index is 11.6. The van der Waals surface area contributed by atoms with Crippen molar-refractivity contribution in [2.75, 3.05) is 13.7 Å². The number of aliphatic hydroxyl groups is 1. The summed E-state index contributed by atoms with van der Waals surface area (Å²) in [6.07, 6.45) is 0.333. The Bertz CT molecular complexity index is 471. The number of benzene rings is 1. The molecule has 0 aliphatic rings. The zero-order chi connectivity index (χ0) is 14.4. The molecule has 1 aromatic carbocycles. The molecule has 1 atom stereocenters. The number of ether oxygens (including phenoxy) is 1. The Labute approximate surface area is 112 Å². The van der Waals surface area contributed by atoms with Gasteiger partial charge in [-0.15, -0.1) is 0 Å². The molecule has 0 heterocycles. The van der Waals surface area contributed by atoms with Crippen LogP contribution in [0.3, 0.4) is 0 Å². The highest BCUT2D eigenvalue weighted by Gasteiger charge is 2.21. The van der Waals surface area contributed by atoms with Gasteiger partial charge in [0.15, 0.2) is 0 Å². The second-order valence-electron chi connectivity index (χ2n) is 4.42. The van der Waals surface area contributed by atoms with Crippen molar-refractivity contribution in [3.63, 3.8) is 0 Å². The largest absolute Gasteiger partial charge is 0.467 e. The first kappa shape index (κ1) is 15.2. The highest BCUT2D eigenvalue weighted by molar-refractivity contribution is 5.85. The second kappa shape index (κ2) is 6.89. The molecule has 1 rings (SSSR count). The highest BCUT2D eigenvalue weighted by atomic mass is 16.5. The van der Waals surface area contributed by atoms with E-state index in [0.717, 1.165) is 16.7 Å². The number of amides is 1. The number of methoxy groups -OCH3 is 1. The monoisotopic (exact) mass is 265 g/mol. The molecule has 0 saturated carbocycles. The number of hydrogen-bond donors (Lipinski definition) is 2. The molecular weight excluding hydrogens is 246 g/mol. The Morgan fingerprint density at radius 3 is 2.53 bits per heavy atom. The van der Waals surface area contributed by atoms with E-state index in [9.17, 15) is 9.59 Å². The van der Waals surface area contributed by atoms with Crippen LogP contribution in [0.1, 0.15) is 16.7 Å². The smallest absolute Gasteiger partial charge is 0.328 e. The van der Waals surface area contributed by atoms with Crippen molar-refractivity contribution in [3.8, 4) is 0 Å². The van der Waals surface area contributed by atoms with Crippen molar-refractivity contribution < 1.29 is 19.4 Å². The number of nitrogens with one attached hydrogen (secondary N) is 1. The van der Waals surface area contributed by atoms with E-state index >= 15 is 0 Å². The molecule has 5 heteroatoms. The Balaban J connectivity index is 2.84. The van der Waals surface area contributed by atoms with Gasteiger partial charge >= 0.3 is 5.97 Å². The first-order chi connectivity index (χ1) is 8.97. The number of aliphatic hydroxyl groups excluding tert-OH is 1. The minimum atomic E-state index is -0.785. The first-order valence-corrected chi connectivity index (χ1v) is 6.02. The van der Waals surface area contributed by atoms with Crippen LogP contribution < -0.4 is 5.32 Å². The average Bonchev–Trinajstić information content (AvgIpc) is 2.41. The maximum Gasteiger partial charge on any atom is 0.328 e. The Morgan fingerprint density at radius 2 is 2.00 bits per heavy atom.